The van der Waals surface area contributed by atoms with E-state index in [1.807, 2.05) is 42.5 Å². The Morgan fingerprint density at radius 3 is 2.56 bits per heavy atom. The molecule has 2 unspecified atom stereocenters. The third-order valence-electron chi connectivity index (χ3n) is 2.92. The largest absolute Gasteiger partial charge is 0.372 e. The normalized spacial score (nSPS) is 23.8. The lowest BCUT2D eigenvalue weighted by Crippen LogP contribution is -2.45. The summed E-state index contributed by atoms with van der Waals surface area (Å²) < 4.78 is 19.8. The molecule has 1 aliphatic rings. The first-order valence-electron chi connectivity index (χ1n) is 5.80. The summed E-state index contributed by atoms with van der Waals surface area (Å²) in [4.78, 5) is 2.07. The fraction of sp³-hybridized carbons (Fsp3) is 0.462. The summed E-state index contributed by atoms with van der Waals surface area (Å²) in [7, 11) is 0. The Labute approximate surface area is 120 Å². The van der Waals surface area contributed by atoms with Gasteiger partial charge in [0.05, 0.1) is 21.3 Å². The van der Waals surface area contributed by atoms with Gasteiger partial charge in [-0.3, -0.25) is 0 Å². The second kappa shape index (κ2) is 5.41. The summed E-state index contributed by atoms with van der Waals surface area (Å²) >= 11 is 1.86. The van der Waals surface area contributed by atoms with Gasteiger partial charge in [-0.2, -0.15) is 5.26 Å². The first kappa shape index (κ1) is 13.6. The molecule has 1 saturated heterocycles. The molecule has 0 radical (unpaired) electrons. The van der Waals surface area contributed by atoms with Crippen LogP contribution in [0.3, 0.4) is 0 Å². The first-order valence-corrected chi connectivity index (χ1v) is 6.88. The predicted octanol–water partition coefficient (Wildman–Crippen LogP) is 2.92. The van der Waals surface area contributed by atoms with Crippen molar-refractivity contribution in [3.8, 4) is 6.07 Å². The van der Waals surface area contributed by atoms with Crippen molar-refractivity contribution in [1.82, 2.24) is 0 Å². The fourth-order valence-electron chi connectivity index (χ4n) is 2.23. The number of benzene rings is 1. The highest BCUT2D eigenvalue weighted by Gasteiger charge is 2.23. The molecule has 1 aromatic carbocycles. The zero-order valence-electron chi connectivity index (χ0n) is 10.3. The summed E-state index contributed by atoms with van der Waals surface area (Å²) in [5.74, 6) is -0.337. The molecule has 1 aromatic rings. The third kappa shape index (κ3) is 2.75. The Bertz CT molecular complexity index is 490. The molecule has 0 aromatic heterocycles. The quantitative estimate of drug-likeness (QED) is 0.723. The van der Waals surface area contributed by atoms with Crippen LogP contribution in [0.4, 0.5) is 10.1 Å². The highest BCUT2D eigenvalue weighted by Crippen LogP contribution is 2.26. The van der Waals surface area contributed by atoms with Crippen molar-refractivity contribution in [2.45, 2.75) is 26.1 Å². The van der Waals surface area contributed by atoms with Crippen LogP contribution in [0.15, 0.2) is 12.1 Å². The van der Waals surface area contributed by atoms with E-state index in [1.165, 1.54) is 6.07 Å². The van der Waals surface area contributed by atoms with Crippen LogP contribution in [-0.2, 0) is 4.74 Å². The van der Waals surface area contributed by atoms with E-state index in [1.54, 1.807) is 6.07 Å². The van der Waals surface area contributed by atoms with Gasteiger partial charge in [0, 0.05) is 18.8 Å². The summed E-state index contributed by atoms with van der Waals surface area (Å²) in [5, 5.41) is 9.00. The van der Waals surface area contributed by atoms with Crippen LogP contribution in [0.5, 0.6) is 0 Å². The van der Waals surface area contributed by atoms with Gasteiger partial charge in [-0.15, -0.1) is 0 Å². The summed E-state index contributed by atoms with van der Waals surface area (Å²) in [6.07, 6.45) is 0.225. The van der Waals surface area contributed by atoms with Crippen molar-refractivity contribution in [1.29, 1.82) is 5.26 Å². The van der Waals surface area contributed by atoms with Crippen molar-refractivity contribution in [3.05, 3.63) is 27.1 Å². The zero-order valence-corrected chi connectivity index (χ0v) is 12.4. The summed E-state index contributed by atoms with van der Waals surface area (Å²) in [6, 6.07) is 5.27. The molecule has 1 fully saturated rings. The van der Waals surface area contributed by atoms with E-state index in [0.29, 0.717) is 9.13 Å². The molecular weight excluding hydrogens is 346 g/mol. The minimum absolute atomic E-state index is 0.113. The number of morpholine rings is 1. The van der Waals surface area contributed by atoms with E-state index in [2.05, 4.69) is 4.90 Å². The van der Waals surface area contributed by atoms with Gasteiger partial charge in [-0.05, 0) is 48.6 Å². The molecule has 0 aliphatic carbocycles. The van der Waals surface area contributed by atoms with E-state index >= 15 is 0 Å². The maximum absolute atomic E-state index is 13.8. The first-order chi connectivity index (χ1) is 8.51. The SMILES string of the molecule is CC1CN(c2cc(F)c(I)c(C#N)c2)CC(C)O1. The lowest BCUT2D eigenvalue weighted by molar-refractivity contribution is -0.00523. The van der Waals surface area contributed by atoms with E-state index in [4.69, 9.17) is 10.00 Å². The highest BCUT2D eigenvalue weighted by molar-refractivity contribution is 14.1. The Hall–Kier alpha value is -0.870. The van der Waals surface area contributed by atoms with Crippen molar-refractivity contribution in [2.75, 3.05) is 18.0 Å². The van der Waals surface area contributed by atoms with Crippen molar-refractivity contribution in [2.24, 2.45) is 0 Å². The van der Waals surface area contributed by atoms with Crippen LogP contribution in [0.2, 0.25) is 0 Å². The predicted molar refractivity (Wildman–Crippen MR) is 76.1 cm³/mol. The molecule has 2 rings (SSSR count). The van der Waals surface area contributed by atoms with E-state index in [9.17, 15) is 4.39 Å². The van der Waals surface area contributed by atoms with Crippen LogP contribution < -0.4 is 4.90 Å². The van der Waals surface area contributed by atoms with Crippen LogP contribution >= 0.6 is 22.6 Å². The molecule has 2 atom stereocenters. The Morgan fingerprint density at radius 1 is 1.39 bits per heavy atom. The minimum Gasteiger partial charge on any atom is -0.372 e. The Balaban J connectivity index is 2.34. The topological polar surface area (TPSA) is 36.3 Å². The average Bonchev–Trinajstić information content (AvgIpc) is 2.31. The molecule has 0 N–H and O–H groups in total. The van der Waals surface area contributed by atoms with Crippen molar-refractivity contribution < 1.29 is 9.13 Å². The molecule has 3 nitrogen and oxygen atoms in total. The van der Waals surface area contributed by atoms with Gasteiger partial charge < -0.3 is 9.64 Å². The Kier molecular flexibility index (Phi) is 4.07. The lowest BCUT2D eigenvalue weighted by Gasteiger charge is -2.37. The molecule has 18 heavy (non-hydrogen) atoms. The highest BCUT2D eigenvalue weighted by atomic mass is 127. The van der Waals surface area contributed by atoms with Crippen molar-refractivity contribution in [3.63, 3.8) is 0 Å². The lowest BCUT2D eigenvalue weighted by atomic mass is 10.1. The van der Waals surface area contributed by atoms with Gasteiger partial charge in [0.25, 0.3) is 0 Å². The average molecular weight is 360 g/mol. The van der Waals surface area contributed by atoms with E-state index in [-0.39, 0.29) is 18.0 Å². The number of nitriles is 1. The van der Waals surface area contributed by atoms with Gasteiger partial charge in [0.1, 0.15) is 11.9 Å². The van der Waals surface area contributed by atoms with Crippen LogP contribution in [0.25, 0.3) is 0 Å². The number of rotatable bonds is 1. The molecule has 96 valence electrons. The molecule has 0 saturated carbocycles. The van der Waals surface area contributed by atoms with Gasteiger partial charge in [-0.25, -0.2) is 4.39 Å². The number of halogens is 2. The Morgan fingerprint density at radius 2 is 2.00 bits per heavy atom. The van der Waals surface area contributed by atoms with Gasteiger partial charge >= 0.3 is 0 Å². The molecule has 0 amide bonds. The smallest absolute Gasteiger partial charge is 0.139 e. The number of nitrogens with zero attached hydrogens (tertiary/aromatic N) is 2. The number of hydrogen-bond acceptors (Lipinski definition) is 3. The maximum Gasteiger partial charge on any atom is 0.139 e. The van der Waals surface area contributed by atoms with Gasteiger partial charge in [-0.1, -0.05) is 0 Å². The number of anilines is 1. The van der Waals surface area contributed by atoms with Gasteiger partial charge in [0.15, 0.2) is 0 Å². The summed E-state index contributed by atoms with van der Waals surface area (Å²) in [5.41, 5.74) is 1.14. The molecule has 0 spiro atoms. The molecule has 1 aliphatic heterocycles. The second-order valence-corrected chi connectivity index (χ2v) is 5.64. The van der Waals surface area contributed by atoms with Crippen LogP contribution in [-0.4, -0.2) is 25.3 Å². The number of hydrogen-bond donors (Lipinski definition) is 0. The van der Waals surface area contributed by atoms with E-state index in [0.717, 1.165) is 18.8 Å². The molecule has 0 bridgehead atoms. The molecule has 5 heteroatoms. The van der Waals surface area contributed by atoms with Crippen LogP contribution in [0.1, 0.15) is 19.4 Å². The van der Waals surface area contributed by atoms with Crippen molar-refractivity contribution >= 4 is 28.3 Å². The second-order valence-electron chi connectivity index (χ2n) is 4.56. The van der Waals surface area contributed by atoms with Crippen LogP contribution in [0, 0.1) is 20.7 Å². The monoisotopic (exact) mass is 360 g/mol. The van der Waals surface area contributed by atoms with E-state index < -0.39 is 0 Å². The standard InChI is InChI=1S/C13H14FIN2O/c1-8-6-17(7-9(2)18-8)11-3-10(5-16)13(15)12(14)4-11/h3-4,8-9H,6-7H2,1-2H3. The maximum atomic E-state index is 13.8. The number of ether oxygens (including phenoxy) is 1. The zero-order chi connectivity index (χ0) is 13.3. The molecular formula is C13H14FIN2O. The fourth-order valence-corrected chi connectivity index (χ4v) is 2.66. The third-order valence-corrected chi connectivity index (χ3v) is 4.01. The molecule has 1 heterocycles. The van der Waals surface area contributed by atoms with Gasteiger partial charge in [0.2, 0.25) is 0 Å². The minimum atomic E-state index is -0.337. The summed E-state index contributed by atoms with van der Waals surface area (Å²) in [6.45, 7) is 5.43.